The molecule has 0 unspecified atom stereocenters. The Hall–Kier alpha value is -1.69. The fourth-order valence-corrected chi connectivity index (χ4v) is 4.21. The van der Waals surface area contributed by atoms with Gasteiger partial charge in [0.25, 0.3) is 0 Å². The van der Waals surface area contributed by atoms with Crippen LogP contribution in [-0.2, 0) is 4.74 Å². The molecule has 0 amide bonds. The van der Waals surface area contributed by atoms with Crippen LogP contribution in [0.2, 0.25) is 0 Å². The highest BCUT2D eigenvalue weighted by Crippen LogP contribution is 2.33. The van der Waals surface area contributed by atoms with Crippen LogP contribution in [-0.4, -0.2) is 54.3 Å². The minimum absolute atomic E-state index is 0.579. The Morgan fingerprint density at radius 1 is 1.23 bits per heavy atom. The molecule has 0 bridgehead atoms. The molecule has 2 aromatic carbocycles. The summed E-state index contributed by atoms with van der Waals surface area (Å²) in [7, 11) is 0. The van der Waals surface area contributed by atoms with Gasteiger partial charge in [-0.25, -0.2) is 9.97 Å². The highest BCUT2D eigenvalue weighted by Gasteiger charge is 2.12. The van der Waals surface area contributed by atoms with E-state index >= 15 is 0 Å². The van der Waals surface area contributed by atoms with Gasteiger partial charge in [-0.15, -0.1) is 0 Å². The summed E-state index contributed by atoms with van der Waals surface area (Å²) in [4.78, 5) is 11.2. The maximum Gasteiger partial charge on any atom is 0.144 e. The lowest BCUT2D eigenvalue weighted by molar-refractivity contribution is 0.0358. The molecule has 1 aliphatic rings. The Bertz CT molecular complexity index is 1030. The molecule has 4 rings (SSSR count). The van der Waals surface area contributed by atoms with Crippen LogP contribution < -0.4 is 15.8 Å². The molecule has 0 spiro atoms. The summed E-state index contributed by atoms with van der Waals surface area (Å²) < 4.78 is 13.4. The third-order valence-electron chi connectivity index (χ3n) is 4.95. The molecule has 3 aromatic rings. The van der Waals surface area contributed by atoms with Crippen LogP contribution in [0.5, 0.6) is 5.75 Å². The zero-order valence-corrected chi connectivity index (χ0v) is 20.1. The fourth-order valence-electron chi connectivity index (χ4n) is 3.35. The largest absolute Gasteiger partial charge is 0.491 e. The molecule has 30 heavy (non-hydrogen) atoms. The van der Waals surface area contributed by atoms with E-state index in [0.29, 0.717) is 23.9 Å². The number of hydrogen-bond acceptors (Lipinski definition) is 7. The minimum Gasteiger partial charge on any atom is -0.491 e. The highest BCUT2D eigenvalue weighted by molar-refractivity contribution is 14.1. The molecule has 1 saturated heterocycles. The molecule has 0 atom stereocenters. The molecule has 2 heterocycles. The molecule has 158 valence electrons. The first-order valence-electron chi connectivity index (χ1n) is 9.80. The first-order chi connectivity index (χ1) is 14.6. The number of nitrogens with one attached hydrogen (secondary N) is 1. The summed E-state index contributed by atoms with van der Waals surface area (Å²) >= 11 is 5.85. The van der Waals surface area contributed by atoms with E-state index in [4.69, 9.17) is 15.2 Å². The molecule has 9 heteroatoms. The van der Waals surface area contributed by atoms with E-state index in [0.717, 1.165) is 63.9 Å². The van der Waals surface area contributed by atoms with Gasteiger partial charge in [0.15, 0.2) is 0 Å². The van der Waals surface area contributed by atoms with Crippen molar-refractivity contribution in [1.29, 1.82) is 0 Å². The van der Waals surface area contributed by atoms with E-state index in [2.05, 4.69) is 58.7 Å². The van der Waals surface area contributed by atoms with E-state index < -0.39 is 0 Å². The molecule has 0 saturated carbocycles. The molecule has 3 N–H and O–H groups in total. The minimum atomic E-state index is 0.579. The van der Waals surface area contributed by atoms with Gasteiger partial charge in [-0.05, 0) is 63.1 Å². The van der Waals surface area contributed by atoms with Gasteiger partial charge >= 0.3 is 0 Å². The number of anilines is 3. The molecule has 0 aliphatic carbocycles. The maximum atomic E-state index is 6.28. The zero-order valence-electron chi connectivity index (χ0n) is 16.4. The number of morpholine rings is 1. The van der Waals surface area contributed by atoms with Crippen LogP contribution in [0.3, 0.4) is 0 Å². The van der Waals surface area contributed by atoms with Crippen molar-refractivity contribution in [3.8, 4) is 5.75 Å². The lowest BCUT2D eigenvalue weighted by Gasteiger charge is -2.26. The quantitative estimate of drug-likeness (QED) is 0.242. The molecular weight excluding hydrogens is 561 g/mol. The van der Waals surface area contributed by atoms with Gasteiger partial charge in [-0.2, -0.15) is 0 Å². The second-order valence-electron chi connectivity index (χ2n) is 7.01. The monoisotopic (exact) mass is 583 g/mol. The summed E-state index contributed by atoms with van der Waals surface area (Å²) in [6.07, 6.45) is 2.49. The number of aromatic nitrogens is 2. The number of halogens is 2. The second-order valence-corrected chi connectivity index (χ2v) is 8.94. The van der Waals surface area contributed by atoms with Gasteiger partial charge in [-0.1, -0.05) is 6.07 Å². The average molecular weight is 584 g/mol. The van der Waals surface area contributed by atoms with Gasteiger partial charge in [0, 0.05) is 35.6 Å². The lowest BCUT2D eigenvalue weighted by Crippen LogP contribution is -2.37. The van der Waals surface area contributed by atoms with Crippen LogP contribution in [0.15, 0.2) is 41.1 Å². The predicted octanol–water partition coefficient (Wildman–Crippen LogP) is 4.42. The van der Waals surface area contributed by atoms with Gasteiger partial charge in [0.1, 0.15) is 17.9 Å². The lowest BCUT2D eigenvalue weighted by atomic mass is 10.2. The Balaban J connectivity index is 1.46. The van der Waals surface area contributed by atoms with Crippen molar-refractivity contribution in [2.24, 2.45) is 0 Å². The van der Waals surface area contributed by atoms with Crippen LogP contribution >= 0.6 is 38.5 Å². The van der Waals surface area contributed by atoms with Gasteiger partial charge < -0.3 is 20.5 Å². The van der Waals surface area contributed by atoms with Gasteiger partial charge in [-0.3, -0.25) is 4.90 Å². The number of nitrogens with zero attached hydrogens (tertiary/aromatic N) is 3. The van der Waals surface area contributed by atoms with E-state index in [9.17, 15) is 0 Å². The first-order valence-corrected chi connectivity index (χ1v) is 11.7. The third-order valence-corrected chi connectivity index (χ3v) is 7.52. The van der Waals surface area contributed by atoms with Crippen molar-refractivity contribution >= 4 is 66.6 Å². The summed E-state index contributed by atoms with van der Waals surface area (Å²) in [5.41, 5.74) is 8.61. The summed E-state index contributed by atoms with van der Waals surface area (Å²) in [6, 6.07) is 9.76. The van der Waals surface area contributed by atoms with E-state index in [1.807, 2.05) is 30.3 Å². The van der Waals surface area contributed by atoms with Crippen molar-refractivity contribution in [3.63, 3.8) is 0 Å². The van der Waals surface area contributed by atoms with Crippen molar-refractivity contribution in [2.45, 2.75) is 6.42 Å². The number of nitrogens with two attached hydrogens (primary N) is 1. The number of hydrogen-bond donors (Lipinski definition) is 2. The summed E-state index contributed by atoms with van der Waals surface area (Å²) in [5, 5.41) is 4.24. The molecule has 1 aromatic heterocycles. The summed E-state index contributed by atoms with van der Waals surface area (Å²) in [6.45, 7) is 5.21. The standard InChI is InChI=1S/C21H23BrIN5O2/c22-15-3-1-4-17(20(15)23)27-21-14-11-16(24)19(12-18(14)25-13-26-21)30-8-2-5-28-6-9-29-10-7-28/h1,3-4,11-13H,2,5-10,24H2,(H,25,26,27). The third kappa shape index (κ3) is 5.13. The Labute approximate surface area is 197 Å². The van der Waals surface area contributed by atoms with Crippen LogP contribution in [0.4, 0.5) is 17.2 Å². The summed E-state index contributed by atoms with van der Waals surface area (Å²) in [5.74, 6) is 1.37. The highest BCUT2D eigenvalue weighted by atomic mass is 127. The van der Waals surface area contributed by atoms with E-state index in [-0.39, 0.29) is 0 Å². The Morgan fingerprint density at radius 3 is 2.90 bits per heavy atom. The SMILES string of the molecule is Nc1cc2c(Nc3cccc(Br)c3I)ncnc2cc1OCCCN1CCOCC1. The van der Waals surface area contributed by atoms with Crippen molar-refractivity contribution in [3.05, 3.63) is 44.7 Å². The Kier molecular flexibility index (Phi) is 7.24. The molecule has 7 nitrogen and oxygen atoms in total. The number of nitrogen functional groups attached to an aromatic ring is 1. The van der Waals surface area contributed by atoms with Crippen molar-refractivity contribution in [2.75, 3.05) is 50.5 Å². The van der Waals surface area contributed by atoms with Crippen molar-refractivity contribution in [1.82, 2.24) is 14.9 Å². The Morgan fingerprint density at radius 2 is 2.07 bits per heavy atom. The van der Waals surface area contributed by atoms with E-state index in [1.54, 1.807) is 6.33 Å². The van der Waals surface area contributed by atoms with Crippen molar-refractivity contribution < 1.29 is 9.47 Å². The topological polar surface area (TPSA) is 85.5 Å². The predicted molar refractivity (Wildman–Crippen MR) is 131 cm³/mol. The fraction of sp³-hybridized carbons (Fsp3) is 0.333. The first kappa shape index (κ1) is 21.5. The van der Waals surface area contributed by atoms with Crippen LogP contribution in [0, 0.1) is 3.57 Å². The van der Waals surface area contributed by atoms with E-state index in [1.165, 1.54) is 0 Å². The smallest absolute Gasteiger partial charge is 0.144 e. The normalized spacial score (nSPS) is 14.7. The average Bonchev–Trinajstić information content (AvgIpc) is 2.76. The number of ether oxygens (including phenoxy) is 2. The van der Waals surface area contributed by atoms with Crippen LogP contribution in [0.25, 0.3) is 10.9 Å². The maximum absolute atomic E-state index is 6.28. The number of benzene rings is 2. The second kappa shape index (κ2) is 10.1. The van der Waals surface area contributed by atoms with Crippen LogP contribution in [0.1, 0.15) is 6.42 Å². The molecule has 1 fully saturated rings. The molecule has 0 radical (unpaired) electrons. The van der Waals surface area contributed by atoms with Gasteiger partial charge in [0.2, 0.25) is 0 Å². The molecular formula is C21H23BrIN5O2. The number of rotatable bonds is 7. The molecule has 1 aliphatic heterocycles. The zero-order chi connectivity index (χ0) is 20.9. The number of fused-ring (bicyclic) bond motifs is 1. The van der Waals surface area contributed by atoms with Gasteiger partial charge in [0.05, 0.1) is 40.3 Å².